The van der Waals surface area contributed by atoms with Crippen LogP contribution in [-0.2, 0) is 11.2 Å². The molecular weight excluding hydrogens is 307 g/mol. The number of rotatable bonds is 3. The smallest absolute Gasteiger partial charge is 0.309 e. The number of hydrogen-bond acceptors (Lipinski definition) is 2. The predicted molar refractivity (Wildman–Crippen MR) is 53.3 cm³/mol. The van der Waals surface area contributed by atoms with Crippen molar-refractivity contribution in [3.05, 3.63) is 27.1 Å². The van der Waals surface area contributed by atoms with E-state index in [2.05, 4.69) is 4.98 Å². The Kier molecular flexibility index (Phi) is 3.73. The van der Waals surface area contributed by atoms with Gasteiger partial charge < -0.3 is 5.11 Å². The molecule has 0 aliphatic carbocycles. The topological polar surface area (TPSA) is 50.2 Å². The predicted octanol–water partition coefficient (Wildman–Crippen LogP) is 2.25. The van der Waals surface area contributed by atoms with Crippen LogP contribution in [-0.4, -0.2) is 16.1 Å². The Morgan fingerprint density at radius 2 is 2.29 bits per heavy atom. The van der Waals surface area contributed by atoms with E-state index in [1.807, 2.05) is 0 Å². The lowest BCUT2D eigenvalue weighted by molar-refractivity contribution is -0.136. The molecule has 0 aromatic carbocycles. The number of pyridine rings is 1. The third-order valence-corrected chi connectivity index (χ3v) is 2.44. The Bertz CT molecular complexity index is 357. The van der Waals surface area contributed by atoms with Crippen LogP contribution in [0.2, 0.25) is 0 Å². The van der Waals surface area contributed by atoms with Crippen molar-refractivity contribution < 1.29 is 18.7 Å². The zero-order valence-corrected chi connectivity index (χ0v) is 9.03. The van der Waals surface area contributed by atoms with Gasteiger partial charge in [0.15, 0.2) is 0 Å². The van der Waals surface area contributed by atoms with E-state index in [0.29, 0.717) is 9.26 Å². The number of nitrogens with zero attached hydrogens (tertiary/aromatic N) is 1. The number of carboxylic acid groups (broad SMARTS) is 1. The summed E-state index contributed by atoms with van der Waals surface area (Å²) >= 11 is 1.79. The lowest BCUT2D eigenvalue weighted by Gasteiger charge is -2.03. The summed E-state index contributed by atoms with van der Waals surface area (Å²) in [5, 5.41) is 8.48. The summed E-state index contributed by atoms with van der Waals surface area (Å²) in [4.78, 5) is 14.0. The van der Waals surface area contributed by atoms with Gasteiger partial charge in [-0.15, -0.1) is 0 Å². The molecule has 1 aromatic heterocycles. The van der Waals surface area contributed by atoms with Crippen LogP contribution in [0.15, 0.2) is 12.3 Å². The third-order valence-electron chi connectivity index (χ3n) is 1.51. The molecule has 0 saturated carbocycles. The first-order chi connectivity index (χ1) is 6.50. The van der Waals surface area contributed by atoms with E-state index >= 15 is 0 Å². The van der Waals surface area contributed by atoms with Crippen LogP contribution in [0.4, 0.5) is 8.78 Å². The molecular formula is C8H6F2INO2. The summed E-state index contributed by atoms with van der Waals surface area (Å²) in [5.74, 6) is -1.03. The first kappa shape index (κ1) is 11.3. The monoisotopic (exact) mass is 313 g/mol. The molecule has 0 aliphatic heterocycles. The summed E-state index contributed by atoms with van der Waals surface area (Å²) in [6.45, 7) is 0. The van der Waals surface area contributed by atoms with Gasteiger partial charge in [-0.1, -0.05) is 0 Å². The summed E-state index contributed by atoms with van der Waals surface area (Å²) in [6, 6.07) is 1.25. The van der Waals surface area contributed by atoms with Crippen molar-refractivity contribution in [2.45, 2.75) is 12.8 Å². The highest BCUT2D eigenvalue weighted by molar-refractivity contribution is 14.1. The zero-order chi connectivity index (χ0) is 10.7. The quantitative estimate of drug-likeness (QED) is 0.871. The normalized spacial score (nSPS) is 10.6. The van der Waals surface area contributed by atoms with Crippen molar-refractivity contribution in [3.63, 3.8) is 0 Å². The molecule has 1 heterocycles. The Morgan fingerprint density at radius 3 is 2.71 bits per heavy atom. The van der Waals surface area contributed by atoms with E-state index in [0.717, 1.165) is 6.20 Å². The standard InChI is InChI=1S/C8H6F2INO2/c9-8(10)4-1-5(11)6(12-3-4)2-7(13)14/h1,3,8H,2H2,(H,13,14). The molecule has 0 fully saturated rings. The summed E-state index contributed by atoms with van der Waals surface area (Å²) < 4.78 is 24.8. The van der Waals surface area contributed by atoms with Crippen molar-refractivity contribution in [1.82, 2.24) is 4.98 Å². The molecule has 0 amide bonds. The molecule has 14 heavy (non-hydrogen) atoms. The lowest BCUT2D eigenvalue weighted by atomic mass is 10.2. The zero-order valence-electron chi connectivity index (χ0n) is 6.88. The minimum absolute atomic E-state index is 0.191. The van der Waals surface area contributed by atoms with Gasteiger partial charge in [0, 0.05) is 15.3 Å². The fraction of sp³-hybridized carbons (Fsp3) is 0.250. The fourth-order valence-electron chi connectivity index (χ4n) is 0.874. The maximum absolute atomic E-state index is 12.2. The Hall–Kier alpha value is -0.790. The number of hydrogen-bond donors (Lipinski definition) is 1. The third kappa shape index (κ3) is 2.86. The molecule has 0 atom stereocenters. The molecule has 0 saturated heterocycles. The summed E-state index contributed by atoms with van der Waals surface area (Å²) in [6.07, 6.45) is -1.82. The van der Waals surface area contributed by atoms with Crippen LogP contribution < -0.4 is 0 Å². The second kappa shape index (κ2) is 4.63. The number of halogens is 3. The van der Waals surface area contributed by atoms with Gasteiger partial charge in [-0.25, -0.2) is 8.78 Å². The summed E-state index contributed by atoms with van der Waals surface area (Å²) in [5.41, 5.74) is 0.117. The Morgan fingerprint density at radius 1 is 1.64 bits per heavy atom. The fourth-order valence-corrected chi connectivity index (χ4v) is 1.56. The second-order valence-corrected chi connectivity index (χ2v) is 3.73. The van der Waals surface area contributed by atoms with Crippen molar-refractivity contribution in [1.29, 1.82) is 0 Å². The van der Waals surface area contributed by atoms with Crippen LogP contribution in [0.1, 0.15) is 17.7 Å². The Balaban J connectivity index is 2.95. The van der Waals surface area contributed by atoms with Crippen molar-refractivity contribution in [2.75, 3.05) is 0 Å². The van der Waals surface area contributed by atoms with Crippen LogP contribution in [0.25, 0.3) is 0 Å². The summed E-state index contributed by atoms with van der Waals surface area (Å²) in [7, 11) is 0. The van der Waals surface area contributed by atoms with E-state index in [9.17, 15) is 13.6 Å². The largest absolute Gasteiger partial charge is 0.481 e. The molecule has 1 aromatic rings. The van der Waals surface area contributed by atoms with Gasteiger partial charge >= 0.3 is 5.97 Å². The van der Waals surface area contributed by atoms with Crippen LogP contribution >= 0.6 is 22.6 Å². The molecule has 0 bridgehead atoms. The number of carbonyl (C=O) groups is 1. The van der Waals surface area contributed by atoms with Crippen molar-refractivity contribution in [3.8, 4) is 0 Å². The lowest BCUT2D eigenvalue weighted by Crippen LogP contribution is -2.05. The van der Waals surface area contributed by atoms with E-state index in [1.165, 1.54) is 6.07 Å². The van der Waals surface area contributed by atoms with Gasteiger partial charge in [-0.3, -0.25) is 9.78 Å². The Labute approximate surface area is 92.3 Å². The average molecular weight is 313 g/mol. The van der Waals surface area contributed by atoms with Gasteiger partial charge in [0.1, 0.15) is 0 Å². The number of aliphatic carboxylic acids is 1. The van der Waals surface area contributed by atoms with E-state index in [-0.39, 0.29) is 12.0 Å². The molecule has 0 aliphatic rings. The molecule has 76 valence electrons. The number of alkyl halides is 2. The number of carboxylic acids is 1. The minimum atomic E-state index is -2.57. The SMILES string of the molecule is O=C(O)Cc1ncc(C(F)F)cc1I. The maximum atomic E-state index is 12.2. The van der Waals surface area contributed by atoms with E-state index in [4.69, 9.17) is 5.11 Å². The van der Waals surface area contributed by atoms with Gasteiger partial charge in [-0.05, 0) is 28.7 Å². The maximum Gasteiger partial charge on any atom is 0.309 e. The molecule has 0 unspecified atom stereocenters. The van der Waals surface area contributed by atoms with Crippen LogP contribution in [0, 0.1) is 3.57 Å². The average Bonchev–Trinajstić information content (AvgIpc) is 2.07. The molecule has 0 radical (unpaired) electrons. The van der Waals surface area contributed by atoms with Gasteiger partial charge in [-0.2, -0.15) is 0 Å². The van der Waals surface area contributed by atoms with Crippen LogP contribution in [0.3, 0.4) is 0 Å². The minimum Gasteiger partial charge on any atom is -0.481 e. The molecule has 0 spiro atoms. The highest BCUT2D eigenvalue weighted by Crippen LogP contribution is 2.21. The highest BCUT2D eigenvalue weighted by atomic mass is 127. The van der Waals surface area contributed by atoms with E-state index < -0.39 is 12.4 Å². The van der Waals surface area contributed by atoms with Gasteiger partial charge in [0.2, 0.25) is 0 Å². The highest BCUT2D eigenvalue weighted by Gasteiger charge is 2.12. The van der Waals surface area contributed by atoms with Crippen molar-refractivity contribution >= 4 is 28.6 Å². The first-order valence-electron chi connectivity index (χ1n) is 3.65. The van der Waals surface area contributed by atoms with Crippen molar-refractivity contribution in [2.24, 2.45) is 0 Å². The molecule has 6 heteroatoms. The molecule has 1 rings (SSSR count). The second-order valence-electron chi connectivity index (χ2n) is 2.57. The first-order valence-corrected chi connectivity index (χ1v) is 4.73. The molecule has 3 nitrogen and oxygen atoms in total. The van der Waals surface area contributed by atoms with E-state index in [1.54, 1.807) is 22.6 Å². The molecule has 1 N–H and O–H groups in total. The van der Waals surface area contributed by atoms with Gasteiger partial charge in [0.05, 0.1) is 12.1 Å². The number of aromatic nitrogens is 1. The van der Waals surface area contributed by atoms with Crippen LogP contribution in [0.5, 0.6) is 0 Å². The van der Waals surface area contributed by atoms with Gasteiger partial charge in [0.25, 0.3) is 6.43 Å².